The van der Waals surface area contributed by atoms with Crippen molar-refractivity contribution in [2.45, 2.75) is 6.92 Å². The molecule has 72 valence electrons. The molecule has 4 heteroatoms. The molecule has 0 heterocycles. The van der Waals surface area contributed by atoms with Gasteiger partial charge in [-0.1, -0.05) is 5.92 Å². The van der Waals surface area contributed by atoms with E-state index in [4.69, 9.17) is 0 Å². The van der Waals surface area contributed by atoms with Crippen molar-refractivity contribution in [2.24, 2.45) is 0 Å². The minimum atomic E-state index is -1.33. The van der Waals surface area contributed by atoms with Crippen LogP contribution in [0.15, 0.2) is 12.1 Å². The molecule has 0 aromatic heterocycles. The Morgan fingerprint density at radius 2 is 1.71 bits per heavy atom. The molecule has 1 nitrogen and oxygen atoms in total. The second-order valence-corrected chi connectivity index (χ2v) is 2.45. The first-order valence-electron chi connectivity index (χ1n) is 3.68. The lowest BCUT2D eigenvalue weighted by Gasteiger charge is -1.98. The van der Waals surface area contributed by atoms with Gasteiger partial charge in [0.2, 0.25) is 5.78 Å². The number of carbonyl (C=O) groups excluding carboxylic acids is 1. The van der Waals surface area contributed by atoms with Crippen LogP contribution in [0.5, 0.6) is 0 Å². The first-order chi connectivity index (χ1) is 6.56. The number of rotatable bonds is 1. The number of benzene rings is 1. The second kappa shape index (κ2) is 3.97. The highest BCUT2D eigenvalue weighted by Gasteiger charge is 2.14. The Bertz CT molecular complexity index is 441. The number of hydrogen-bond acceptors (Lipinski definition) is 1. The highest BCUT2D eigenvalue weighted by atomic mass is 19.2. The van der Waals surface area contributed by atoms with Gasteiger partial charge in [0.15, 0.2) is 11.6 Å². The van der Waals surface area contributed by atoms with Crippen LogP contribution in [0.4, 0.5) is 13.2 Å². The topological polar surface area (TPSA) is 17.1 Å². The van der Waals surface area contributed by atoms with Crippen LogP contribution in [0.25, 0.3) is 0 Å². The Morgan fingerprint density at radius 3 is 2.29 bits per heavy atom. The predicted molar refractivity (Wildman–Crippen MR) is 44.1 cm³/mol. The van der Waals surface area contributed by atoms with E-state index in [0.717, 1.165) is 0 Å². The molecule has 1 aromatic carbocycles. The van der Waals surface area contributed by atoms with E-state index in [1.165, 1.54) is 6.92 Å². The lowest BCUT2D eigenvalue weighted by atomic mass is 10.1. The van der Waals surface area contributed by atoms with Crippen LogP contribution in [0.2, 0.25) is 0 Å². The van der Waals surface area contributed by atoms with E-state index < -0.39 is 28.8 Å². The molecule has 0 N–H and O–H groups in total. The number of Topliss-reactive ketones (excluding diaryl/α,β-unsaturated/α-hetero) is 1. The molecule has 0 spiro atoms. The molecule has 0 aliphatic carbocycles. The molecule has 0 atom stereocenters. The van der Waals surface area contributed by atoms with Gasteiger partial charge in [-0.3, -0.25) is 4.79 Å². The number of ketones is 1. The normalized spacial score (nSPS) is 9.14. The molecule has 1 rings (SSSR count). The summed E-state index contributed by atoms with van der Waals surface area (Å²) in [6.07, 6.45) is 0. The van der Waals surface area contributed by atoms with Crippen molar-refractivity contribution >= 4 is 5.78 Å². The lowest BCUT2D eigenvalue weighted by molar-refractivity contribution is 0.105. The van der Waals surface area contributed by atoms with Crippen LogP contribution in [0.1, 0.15) is 17.3 Å². The molecule has 0 aliphatic rings. The lowest BCUT2D eigenvalue weighted by Crippen LogP contribution is -2.02. The van der Waals surface area contributed by atoms with Gasteiger partial charge in [-0.25, -0.2) is 13.2 Å². The Morgan fingerprint density at radius 1 is 1.14 bits per heavy atom. The van der Waals surface area contributed by atoms with Gasteiger partial charge in [0.1, 0.15) is 5.82 Å². The summed E-state index contributed by atoms with van der Waals surface area (Å²) in [7, 11) is 0. The van der Waals surface area contributed by atoms with Crippen molar-refractivity contribution in [1.82, 2.24) is 0 Å². The number of hydrogen-bond donors (Lipinski definition) is 0. The van der Waals surface area contributed by atoms with E-state index >= 15 is 0 Å². The molecule has 0 aliphatic heterocycles. The standard InChI is InChI=1S/C10H5F3O/c1-2-3-10(14)6-4-8(12)9(13)5-7(6)11/h4-5H,1H3. The first kappa shape index (κ1) is 10.3. The second-order valence-electron chi connectivity index (χ2n) is 2.45. The fraction of sp³-hybridized carbons (Fsp3) is 0.100. The maximum atomic E-state index is 12.9. The van der Waals surface area contributed by atoms with Crippen LogP contribution >= 0.6 is 0 Å². The third kappa shape index (κ3) is 1.94. The number of halogens is 3. The van der Waals surface area contributed by atoms with E-state index in [1.807, 2.05) is 5.92 Å². The Hall–Kier alpha value is -1.76. The zero-order chi connectivity index (χ0) is 10.7. The maximum Gasteiger partial charge on any atom is 0.238 e. The Kier molecular flexibility index (Phi) is 2.92. The summed E-state index contributed by atoms with van der Waals surface area (Å²) in [6.45, 7) is 1.38. The Labute approximate surface area is 78.5 Å². The smallest absolute Gasteiger partial charge is 0.238 e. The average molecular weight is 198 g/mol. The summed E-state index contributed by atoms with van der Waals surface area (Å²) in [4.78, 5) is 11.0. The predicted octanol–water partition coefficient (Wildman–Crippen LogP) is 2.31. The molecular weight excluding hydrogens is 193 g/mol. The van der Waals surface area contributed by atoms with E-state index in [1.54, 1.807) is 0 Å². The van der Waals surface area contributed by atoms with Gasteiger partial charge in [-0.05, 0) is 18.9 Å². The van der Waals surface area contributed by atoms with Crippen LogP contribution in [-0.2, 0) is 0 Å². The first-order valence-corrected chi connectivity index (χ1v) is 3.68. The van der Waals surface area contributed by atoms with E-state index in [2.05, 4.69) is 5.92 Å². The monoisotopic (exact) mass is 198 g/mol. The van der Waals surface area contributed by atoms with Crippen molar-refractivity contribution in [3.8, 4) is 11.8 Å². The van der Waals surface area contributed by atoms with Crippen molar-refractivity contribution in [3.63, 3.8) is 0 Å². The average Bonchev–Trinajstić information content (AvgIpc) is 2.11. The highest BCUT2D eigenvalue weighted by Crippen LogP contribution is 2.13. The third-order valence-corrected chi connectivity index (χ3v) is 1.49. The highest BCUT2D eigenvalue weighted by molar-refractivity contribution is 6.09. The minimum Gasteiger partial charge on any atom is -0.279 e. The van der Waals surface area contributed by atoms with Crippen molar-refractivity contribution in [3.05, 3.63) is 35.1 Å². The molecule has 0 unspecified atom stereocenters. The SMILES string of the molecule is CC#CC(=O)c1cc(F)c(F)cc1F. The molecule has 1 aromatic rings. The summed E-state index contributed by atoms with van der Waals surface area (Å²) in [5.41, 5.74) is -0.557. The summed E-state index contributed by atoms with van der Waals surface area (Å²) in [5.74, 6) is -0.310. The molecule has 0 bridgehead atoms. The molecule has 14 heavy (non-hydrogen) atoms. The van der Waals surface area contributed by atoms with Gasteiger partial charge >= 0.3 is 0 Å². The van der Waals surface area contributed by atoms with Crippen LogP contribution < -0.4 is 0 Å². The molecule has 0 fully saturated rings. The maximum absolute atomic E-state index is 12.9. The van der Waals surface area contributed by atoms with Gasteiger partial charge in [-0.15, -0.1) is 0 Å². The zero-order valence-corrected chi connectivity index (χ0v) is 7.20. The fourth-order valence-electron chi connectivity index (χ4n) is 0.877. The summed E-state index contributed by atoms with van der Waals surface area (Å²) >= 11 is 0. The van der Waals surface area contributed by atoms with Gasteiger partial charge in [0, 0.05) is 6.07 Å². The molecule has 0 saturated carbocycles. The summed E-state index contributed by atoms with van der Waals surface area (Å²) in [5, 5.41) is 0. The Balaban J connectivity index is 3.27. The van der Waals surface area contributed by atoms with E-state index in [9.17, 15) is 18.0 Å². The minimum absolute atomic E-state index is 0.319. The molecule has 0 radical (unpaired) electrons. The van der Waals surface area contributed by atoms with Crippen molar-refractivity contribution in [2.75, 3.05) is 0 Å². The van der Waals surface area contributed by atoms with E-state index in [-0.39, 0.29) is 0 Å². The van der Waals surface area contributed by atoms with Crippen molar-refractivity contribution < 1.29 is 18.0 Å². The molecule has 0 saturated heterocycles. The molecular formula is C10H5F3O. The largest absolute Gasteiger partial charge is 0.279 e. The molecule has 0 amide bonds. The van der Waals surface area contributed by atoms with Gasteiger partial charge < -0.3 is 0 Å². The summed E-state index contributed by atoms with van der Waals surface area (Å²) in [6, 6.07) is 0.817. The summed E-state index contributed by atoms with van der Waals surface area (Å²) < 4.78 is 38.0. The van der Waals surface area contributed by atoms with E-state index in [0.29, 0.717) is 12.1 Å². The van der Waals surface area contributed by atoms with Crippen molar-refractivity contribution in [1.29, 1.82) is 0 Å². The van der Waals surface area contributed by atoms with Crippen LogP contribution in [0.3, 0.4) is 0 Å². The van der Waals surface area contributed by atoms with Gasteiger partial charge in [0.05, 0.1) is 5.56 Å². The van der Waals surface area contributed by atoms with Crippen LogP contribution in [0, 0.1) is 29.3 Å². The number of carbonyl (C=O) groups is 1. The van der Waals surface area contributed by atoms with Gasteiger partial charge in [0.25, 0.3) is 0 Å². The quantitative estimate of drug-likeness (QED) is 0.293. The third-order valence-electron chi connectivity index (χ3n) is 1.49. The van der Waals surface area contributed by atoms with Crippen LogP contribution in [-0.4, -0.2) is 5.78 Å². The fourth-order valence-corrected chi connectivity index (χ4v) is 0.877. The zero-order valence-electron chi connectivity index (χ0n) is 7.20. The van der Waals surface area contributed by atoms with Gasteiger partial charge in [-0.2, -0.15) is 0 Å².